The van der Waals surface area contributed by atoms with Gasteiger partial charge in [0.2, 0.25) is 0 Å². The molecular weight excluding hydrogens is 254 g/mol. The summed E-state index contributed by atoms with van der Waals surface area (Å²) < 4.78 is 6.50. The Hall–Kier alpha value is -2.01. The number of hydrogen-bond donors (Lipinski definition) is 1. The van der Waals surface area contributed by atoms with Crippen LogP contribution in [0.2, 0.25) is 5.02 Å². The lowest BCUT2D eigenvalue weighted by molar-refractivity contribution is 0.0518. The number of nitrogens with two attached hydrogens (primary N) is 1. The highest BCUT2D eigenvalue weighted by molar-refractivity contribution is 6.30. The van der Waals surface area contributed by atoms with E-state index < -0.39 is 5.97 Å². The van der Waals surface area contributed by atoms with Crippen LogP contribution in [0, 0.1) is 0 Å². The number of ether oxygens (including phenoxy) is 1. The largest absolute Gasteiger partial charge is 0.461 e. The first kappa shape index (κ1) is 12.4. The van der Waals surface area contributed by atoms with Crippen LogP contribution in [0.3, 0.4) is 0 Å². The van der Waals surface area contributed by atoms with Gasteiger partial charge in [-0.1, -0.05) is 17.7 Å². The molecule has 0 unspecified atom stereocenters. The van der Waals surface area contributed by atoms with E-state index in [4.69, 9.17) is 22.1 Å². The highest BCUT2D eigenvalue weighted by Crippen LogP contribution is 2.20. The number of benzene rings is 1. The van der Waals surface area contributed by atoms with E-state index in [1.165, 1.54) is 6.33 Å². The van der Waals surface area contributed by atoms with Crippen LogP contribution in [0.15, 0.2) is 30.6 Å². The molecule has 1 aromatic carbocycles. The highest BCUT2D eigenvalue weighted by atomic mass is 35.5. The maximum Gasteiger partial charge on any atom is 0.359 e. The smallest absolute Gasteiger partial charge is 0.359 e. The Kier molecular flexibility index (Phi) is 3.53. The molecule has 0 fully saturated rings. The van der Waals surface area contributed by atoms with Crippen molar-refractivity contribution < 1.29 is 9.53 Å². The van der Waals surface area contributed by atoms with E-state index in [0.29, 0.717) is 10.7 Å². The van der Waals surface area contributed by atoms with Gasteiger partial charge in [-0.3, -0.25) is 4.57 Å². The molecule has 1 aromatic heterocycles. The molecule has 0 aliphatic rings. The zero-order chi connectivity index (χ0) is 13.1. The molecule has 0 aliphatic carbocycles. The summed E-state index contributed by atoms with van der Waals surface area (Å²) in [6, 6.07) is 7.04. The van der Waals surface area contributed by atoms with E-state index in [1.807, 2.05) is 0 Å². The zero-order valence-electron chi connectivity index (χ0n) is 9.76. The van der Waals surface area contributed by atoms with Crippen molar-refractivity contribution in [3.05, 3.63) is 41.3 Å². The molecule has 2 aromatic rings. The van der Waals surface area contributed by atoms with Crippen molar-refractivity contribution in [2.45, 2.75) is 6.92 Å². The second-order valence-electron chi connectivity index (χ2n) is 3.55. The second-order valence-corrected chi connectivity index (χ2v) is 3.99. The molecule has 94 valence electrons. The molecule has 2 N–H and O–H groups in total. The number of aromatic nitrogens is 2. The van der Waals surface area contributed by atoms with Gasteiger partial charge in [-0.25, -0.2) is 9.78 Å². The summed E-state index contributed by atoms with van der Waals surface area (Å²) in [5.74, 6) is -0.374. The van der Waals surface area contributed by atoms with Crippen molar-refractivity contribution >= 4 is 23.4 Å². The van der Waals surface area contributed by atoms with Crippen LogP contribution in [0.4, 0.5) is 5.82 Å². The topological polar surface area (TPSA) is 70.1 Å². The molecule has 0 amide bonds. The van der Waals surface area contributed by atoms with Gasteiger partial charge in [0, 0.05) is 10.7 Å². The first-order valence-electron chi connectivity index (χ1n) is 5.39. The van der Waals surface area contributed by atoms with Gasteiger partial charge in [0.15, 0.2) is 11.5 Å². The van der Waals surface area contributed by atoms with Crippen LogP contribution in [0.1, 0.15) is 17.4 Å². The number of carbonyl (C=O) groups is 1. The molecule has 2 rings (SSSR count). The first-order chi connectivity index (χ1) is 8.63. The quantitative estimate of drug-likeness (QED) is 0.865. The van der Waals surface area contributed by atoms with Crippen LogP contribution >= 0.6 is 11.6 Å². The van der Waals surface area contributed by atoms with Gasteiger partial charge >= 0.3 is 5.97 Å². The van der Waals surface area contributed by atoms with Gasteiger partial charge < -0.3 is 10.5 Å². The summed E-state index contributed by atoms with van der Waals surface area (Å²) in [5, 5.41) is 0.564. The van der Waals surface area contributed by atoms with E-state index in [9.17, 15) is 4.79 Å². The third-order valence-electron chi connectivity index (χ3n) is 2.35. The molecule has 0 bridgehead atoms. The maximum absolute atomic E-state index is 11.8. The number of rotatable bonds is 3. The van der Waals surface area contributed by atoms with Crippen LogP contribution in [0.5, 0.6) is 0 Å². The summed E-state index contributed by atoms with van der Waals surface area (Å²) in [4.78, 5) is 15.7. The fourth-order valence-electron chi connectivity index (χ4n) is 1.59. The molecule has 0 atom stereocenters. The maximum atomic E-state index is 11.8. The number of esters is 1. The first-order valence-corrected chi connectivity index (χ1v) is 5.77. The van der Waals surface area contributed by atoms with E-state index in [2.05, 4.69) is 4.98 Å². The van der Waals surface area contributed by atoms with E-state index in [-0.39, 0.29) is 18.1 Å². The number of nitrogens with zero attached hydrogens (tertiary/aromatic N) is 2. The zero-order valence-corrected chi connectivity index (χ0v) is 10.5. The van der Waals surface area contributed by atoms with Crippen LogP contribution in [-0.4, -0.2) is 22.1 Å². The van der Waals surface area contributed by atoms with Crippen molar-refractivity contribution in [2.75, 3.05) is 12.3 Å². The number of halogens is 1. The lowest BCUT2D eigenvalue weighted by Gasteiger charge is -2.08. The molecule has 1 heterocycles. The molecule has 0 saturated carbocycles. The fraction of sp³-hybridized carbons (Fsp3) is 0.167. The molecule has 6 heteroatoms. The SMILES string of the molecule is CCOC(=O)c1c(N)ncn1-c1cccc(Cl)c1. The third-order valence-corrected chi connectivity index (χ3v) is 2.59. The normalized spacial score (nSPS) is 10.3. The van der Waals surface area contributed by atoms with Crippen LogP contribution in [0.25, 0.3) is 5.69 Å². The minimum absolute atomic E-state index is 0.133. The summed E-state index contributed by atoms with van der Waals surface area (Å²) in [5.41, 5.74) is 6.59. The molecular formula is C12H12ClN3O2. The molecule has 0 aliphatic heterocycles. The highest BCUT2D eigenvalue weighted by Gasteiger charge is 2.19. The van der Waals surface area contributed by atoms with Gasteiger partial charge in [-0.05, 0) is 25.1 Å². The monoisotopic (exact) mass is 265 g/mol. The lowest BCUT2D eigenvalue weighted by Crippen LogP contribution is -2.12. The Morgan fingerprint density at radius 3 is 3.00 bits per heavy atom. The second kappa shape index (κ2) is 5.10. The minimum Gasteiger partial charge on any atom is -0.461 e. The summed E-state index contributed by atoms with van der Waals surface area (Å²) >= 11 is 5.91. The molecule has 0 radical (unpaired) electrons. The van der Waals surface area contributed by atoms with Crippen molar-refractivity contribution in [2.24, 2.45) is 0 Å². The summed E-state index contributed by atoms with van der Waals surface area (Å²) in [6.07, 6.45) is 1.47. The Morgan fingerprint density at radius 1 is 1.56 bits per heavy atom. The van der Waals surface area contributed by atoms with E-state index in [1.54, 1.807) is 35.8 Å². The number of nitrogen functional groups attached to an aromatic ring is 1. The molecule has 5 nitrogen and oxygen atoms in total. The van der Waals surface area contributed by atoms with Gasteiger partial charge in [-0.15, -0.1) is 0 Å². The van der Waals surface area contributed by atoms with E-state index in [0.717, 1.165) is 0 Å². The van der Waals surface area contributed by atoms with Gasteiger partial charge in [-0.2, -0.15) is 0 Å². The Bertz CT molecular complexity index is 580. The minimum atomic E-state index is -0.507. The Labute approximate surface area is 109 Å². The van der Waals surface area contributed by atoms with Crippen molar-refractivity contribution in [1.29, 1.82) is 0 Å². The average Bonchev–Trinajstić information content (AvgIpc) is 2.71. The van der Waals surface area contributed by atoms with Crippen LogP contribution < -0.4 is 5.73 Å². The molecule has 0 spiro atoms. The number of carbonyl (C=O) groups excluding carboxylic acids is 1. The Morgan fingerprint density at radius 2 is 2.33 bits per heavy atom. The fourth-order valence-corrected chi connectivity index (χ4v) is 1.77. The Balaban J connectivity index is 2.49. The molecule has 18 heavy (non-hydrogen) atoms. The van der Waals surface area contributed by atoms with Gasteiger partial charge in [0.25, 0.3) is 0 Å². The number of imidazole rings is 1. The predicted molar refractivity (Wildman–Crippen MR) is 68.9 cm³/mol. The number of hydrogen-bond acceptors (Lipinski definition) is 4. The molecule has 0 saturated heterocycles. The standard InChI is InChI=1S/C12H12ClN3O2/c1-2-18-12(17)10-11(14)15-7-16(10)9-5-3-4-8(13)6-9/h3-7H,2,14H2,1H3. The lowest BCUT2D eigenvalue weighted by atomic mass is 10.3. The predicted octanol–water partition coefficient (Wildman–Crippen LogP) is 2.28. The summed E-state index contributed by atoms with van der Waals surface area (Å²) in [7, 11) is 0. The third kappa shape index (κ3) is 2.31. The van der Waals surface area contributed by atoms with Crippen LogP contribution in [-0.2, 0) is 4.74 Å². The average molecular weight is 266 g/mol. The van der Waals surface area contributed by atoms with Crippen molar-refractivity contribution in [3.63, 3.8) is 0 Å². The summed E-state index contributed by atoms with van der Waals surface area (Å²) in [6.45, 7) is 2.01. The van der Waals surface area contributed by atoms with E-state index >= 15 is 0 Å². The van der Waals surface area contributed by atoms with Gasteiger partial charge in [0.05, 0.1) is 6.61 Å². The van der Waals surface area contributed by atoms with Crippen molar-refractivity contribution in [3.8, 4) is 5.69 Å². The number of anilines is 1. The van der Waals surface area contributed by atoms with Crippen molar-refractivity contribution in [1.82, 2.24) is 9.55 Å². The van der Waals surface area contributed by atoms with Gasteiger partial charge in [0.1, 0.15) is 6.33 Å².